The summed E-state index contributed by atoms with van der Waals surface area (Å²) in [7, 11) is 1.93. The standard InChI is InChI=1S/C16H17N3OS/c1-12(15-4-3-9-21-15)19(2)11-16(20)18-14-7-5-13(10-17)6-8-14/h3-9,12H,11H2,1-2H3,(H,18,20). The lowest BCUT2D eigenvalue weighted by Gasteiger charge is -2.23. The molecule has 0 aliphatic carbocycles. The van der Waals surface area contributed by atoms with Gasteiger partial charge in [0.05, 0.1) is 18.2 Å². The molecule has 1 aromatic carbocycles. The maximum absolute atomic E-state index is 12.0. The molecular formula is C16H17N3OS. The van der Waals surface area contributed by atoms with E-state index in [-0.39, 0.29) is 11.9 Å². The number of hydrogen-bond donors (Lipinski definition) is 1. The Kier molecular flexibility index (Phi) is 5.09. The molecule has 1 atom stereocenters. The van der Waals surface area contributed by atoms with Gasteiger partial charge in [-0.2, -0.15) is 5.26 Å². The van der Waals surface area contributed by atoms with Crippen LogP contribution in [-0.4, -0.2) is 24.4 Å². The smallest absolute Gasteiger partial charge is 0.238 e. The molecule has 1 aromatic heterocycles. The van der Waals surface area contributed by atoms with E-state index in [1.54, 1.807) is 35.6 Å². The van der Waals surface area contributed by atoms with Crippen LogP contribution in [0.5, 0.6) is 0 Å². The van der Waals surface area contributed by atoms with E-state index in [2.05, 4.69) is 24.4 Å². The van der Waals surface area contributed by atoms with Gasteiger partial charge in [-0.3, -0.25) is 9.69 Å². The molecule has 1 N–H and O–H groups in total. The van der Waals surface area contributed by atoms with Crippen molar-refractivity contribution in [1.29, 1.82) is 5.26 Å². The van der Waals surface area contributed by atoms with E-state index in [4.69, 9.17) is 5.26 Å². The molecule has 0 fully saturated rings. The summed E-state index contributed by atoms with van der Waals surface area (Å²) in [6, 6.07) is 13.2. The number of anilines is 1. The number of nitriles is 1. The normalized spacial score (nSPS) is 11.9. The van der Waals surface area contributed by atoms with Crippen molar-refractivity contribution in [2.24, 2.45) is 0 Å². The molecule has 0 spiro atoms. The highest BCUT2D eigenvalue weighted by molar-refractivity contribution is 7.10. The Morgan fingerprint density at radius 3 is 2.67 bits per heavy atom. The minimum Gasteiger partial charge on any atom is -0.325 e. The number of benzene rings is 1. The minimum atomic E-state index is -0.0642. The predicted octanol–water partition coefficient (Wildman–Crippen LogP) is 3.25. The maximum atomic E-state index is 12.0. The molecule has 2 aromatic rings. The lowest BCUT2D eigenvalue weighted by Crippen LogP contribution is -2.31. The fourth-order valence-electron chi connectivity index (χ4n) is 1.94. The number of nitrogens with one attached hydrogen (secondary N) is 1. The number of nitrogens with zero attached hydrogens (tertiary/aromatic N) is 2. The summed E-state index contributed by atoms with van der Waals surface area (Å²) in [6.07, 6.45) is 0. The third-order valence-corrected chi connectivity index (χ3v) is 4.35. The highest BCUT2D eigenvalue weighted by Gasteiger charge is 2.15. The van der Waals surface area contributed by atoms with Crippen molar-refractivity contribution in [3.05, 3.63) is 52.2 Å². The van der Waals surface area contributed by atoms with Crippen LogP contribution in [0.1, 0.15) is 23.4 Å². The number of carbonyl (C=O) groups excluding carboxylic acids is 1. The Bertz CT molecular complexity index is 629. The van der Waals surface area contributed by atoms with E-state index in [1.165, 1.54) is 4.88 Å². The molecule has 4 nitrogen and oxygen atoms in total. The van der Waals surface area contributed by atoms with Crippen molar-refractivity contribution >= 4 is 22.9 Å². The van der Waals surface area contributed by atoms with E-state index < -0.39 is 0 Å². The second kappa shape index (κ2) is 7.02. The van der Waals surface area contributed by atoms with Gasteiger partial charge in [-0.1, -0.05) is 6.07 Å². The first-order chi connectivity index (χ1) is 10.1. The van der Waals surface area contributed by atoms with Crippen LogP contribution in [0.25, 0.3) is 0 Å². The fraction of sp³-hybridized carbons (Fsp3) is 0.250. The van der Waals surface area contributed by atoms with E-state index in [0.29, 0.717) is 17.8 Å². The first-order valence-electron chi connectivity index (χ1n) is 6.64. The minimum absolute atomic E-state index is 0.0642. The van der Waals surface area contributed by atoms with Gasteiger partial charge in [-0.05, 0) is 49.7 Å². The van der Waals surface area contributed by atoms with Gasteiger partial charge in [0.1, 0.15) is 0 Å². The molecule has 0 radical (unpaired) electrons. The van der Waals surface area contributed by atoms with Crippen molar-refractivity contribution in [3.8, 4) is 6.07 Å². The topological polar surface area (TPSA) is 56.1 Å². The van der Waals surface area contributed by atoms with E-state index in [1.807, 2.05) is 23.4 Å². The van der Waals surface area contributed by atoms with Crippen LogP contribution in [0.2, 0.25) is 0 Å². The van der Waals surface area contributed by atoms with Crippen LogP contribution < -0.4 is 5.32 Å². The first-order valence-corrected chi connectivity index (χ1v) is 7.52. The third kappa shape index (κ3) is 4.15. The van der Waals surface area contributed by atoms with Crippen molar-refractivity contribution in [3.63, 3.8) is 0 Å². The summed E-state index contributed by atoms with van der Waals surface area (Å²) >= 11 is 1.69. The lowest BCUT2D eigenvalue weighted by molar-refractivity contribution is -0.117. The Balaban J connectivity index is 1.90. The number of likely N-dealkylation sites (N-methyl/N-ethyl adjacent to an activating group) is 1. The first kappa shape index (κ1) is 15.2. The largest absolute Gasteiger partial charge is 0.325 e. The van der Waals surface area contributed by atoms with Gasteiger partial charge in [0, 0.05) is 16.6 Å². The molecule has 0 bridgehead atoms. The fourth-order valence-corrected chi connectivity index (χ4v) is 2.79. The number of carbonyl (C=O) groups is 1. The predicted molar refractivity (Wildman–Crippen MR) is 85.2 cm³/mol. The molecule has 21 heavy (non-hydrogen) atoms. The van der Waals surface area contributed by atoms with Gasteiger partial charge in [-0.15, -0.1) is 11.3 Å². The van der Waals surface area contributed by atoms with E-state index >= 15 is 0 Å². The zero-order valence-corrected chi connectivity index (χ0v) is 12.9. The highest BCUT2D eigenvalue weighted by Crippen LogP contribution is 2.23. The SMILES string of the molecule is CC(c1cccs1)N(C)CC(=O)Nc1ccc(C#N)cc1. The molecule has 0 aliphatic heterocycles. The third-order valence-electron chi connectivity index (χ3n) is 3.31. The number of rotatable bonds is 5. The Hall–Kier alpha value is -2.16. The summed E-state index contributed by atoms with van der Waals surface area (Å²) in [6.45, 7) is 2.40. The van der Waals surface area contributed by atoms with Crippen molar-refractivity contribution in [2.75, 3.05) is 18.9 Å². The van der Waals surface area contributed by atoms with Gasteiger partial charge in [0.2, 0.25) is 5.91 Å². The molecule has 5 heteroatoms. The van der Waals surface area contributed by atoms with E-state index in [0.717, 1.165) is 0 Å². The van der Waals surface area contributed by atoms with Gasteiger partial charge in [0.25, 0.3) is 0 Å². The van der Waals surface area contributed by atoms with Crippen molar-refractivity contribution in [1.82, 2.24) is 4.90 Å². The summed E-state index contributed by atoms with van der Waals surface area (Å²) in [4.78, 5) is 15.3. The van der Waals surface area contributed by atoms with Crippen LogP contribution in [0, 0.1) is 11.3 Å². The van der Waals surface area contributed by atoms with Gasteiger partial charge in [-0.25, -0.2) is 0 Å². The molecule has 108 valence electrons. The van der Waals surface area contributed by atoms with Crippen molar-refractivity contribution in [2.45, 2.75) is 13.0 Å². The molecule has 1 heterocycles. The number of thiophene rings is 1. The van der Waals surface area contributed by atoms with Crippen LogP contribution in [0.3, 0.4) is 0 Å². The Morgan fingerprint density at radius 1 is 1.38 bits per heavy atom. The van der Waals surface area contributed by atoms with Gasteiger partial charge >= 0.3 is 0 Å². The van der Waals surface area contributed by atoms with Crippen LogP contribution in [-0.2, 0) is 4.79 Å². The quantitative estimate of drug-likeness (QED) is 0.922. The molecule has 1 unspecified atom stereocenters. The van der Waals surface area contributed by atoms with Gasteiger partial charge < -0.3 is 5.32 Å². The number of hydrogen-bond acceptors (Lipinski definition) is 4. The summed E-state index contributed by atoms with van der Waals surface area (Å²) in [5.41, 5.74) is 1.28. The van der Waals surface area contributed by atoms with Crippen LogP contribution >= 0.6 is 11.3 Å². The zero-order chi connectivity index (χ0) is 15.2. The molecule has 0 aliphatic rings. The van der Waals surface area contributed by atoms with Crippen LogP contribution in [0.15, 0.2) is 41.8 Å². The average Bonchev–Trinajstić information content (AvgIpc) is 3.01. The highest BCUT2D eigenvalue weighted by atomic mass is 32.1. The van der Waals surface area contributed by atoms with Gasteiger partial charge in [0.15, 0.2) is 0 Å². The van der Waals surface area contributed by atoms with Crippen LogP contribution in [0.4, 0.5) is 5.69 Å². The molecule has 0 saturated carbocycles. The average molecular weight is 299 g/mol. The maximum Gasteiger partial charge on any atom is 0.238 e. The summed E-state index contributed by atoms with van der Waals surface area (Å²) in [5, 5.41) is 13.6. The molecule has 1 amide bonds. The molecule has 0 saturated heterocycles. The lowest BCUT2D eigenvalue weighted by atomic mass is 10.2. The summed E-state index contributed by atoms with van der Waals surface area (Å²) < 4.78 is 0. The second-order valence-electron chi connectivity index (χ2n) is 4.84. The molecular weight excluding hydrogens is 282 g/mol. The monoisotopic (exact) mass is 299 g/mol. The Labute approximate surface area is 128 Å². The second-order valence-corrected chi connectivity index (χ2v) is 5.82. The molecule has 2 rings (SSSR count). The zero-order valence-electron chi connectivity index (χ0n) is 12.0. The van der Waals surface area contributed by atoms with Crippen molar-refractivity contribution < 1.29 is 4.79 Å². The summed E-state index contributed by atoms with van der Waals surface area (Å²) in [5.74, 6) is -0.0642. The van der Waals surface area contributed by atoms with E-state index in [9.17, 15) is 4.79 Å². The Morgan fingerprint density at radius 2 is 2.10 bits per heavy atom. The number of amides is 1.